The topological polar surface area (TPSA) is 9.23 Å². The first-order valence-corrected chi connectivity index (χ1v) is 3.66. The average Bonchev–Trinajstić information content (AvgIpc) is 2.11. The minimum atomic E-state index is -6.55. The van der Waals surface area contributed by atoms with Gasteiger partial charge < -0.3 is 4.74 Å². The molecule has 0 amide bonds. The van der Waals surface area contributed by atoms with Crippen molar-refractivity contribution in [2.45, 2.75) is 18.0 Å². The van der Waals surface area contributed by atoms with Crippen LogP contribution < -0.4 is 0 Å². The van der Waals surface area contributed by atoms with Gasteiger partial charge >= 0.3 is 18.0 Å². The number of alkyl halides is 7. The van der Waals surface area contributed by atoms with Crippen molar-refractivity contribution in [2.75, 3.05) is 13.7 Å². The van der Waals surface area contributed by atoms with Gasteiger partial charge in [0.05, 0.1) is 6.61 Å². The lowest BCUT2D eigenvalue weighted by atomic mass is 10.1. The summed E-state index contributed by atoms with van der Waals surface area (Å²) in [6.45, 7) is -0.852. The Hall–Kier alpha value is -0.860. The lowest BCUT2D eigenvalue weighted by molar-refractivity contribution is -0.347. The van der Waals surface area contributed by atoms with E-state index in [1.165, 1.54) is 0 Å². The molecule has 9 heteroatoms. The molecule has 0 fully saturated rings. The Kier molecular flexibility index (Phi) is 4.31. The molecule has 0 aromatic rings. The fraction of sp³-hybridized carbons (Fsp3) is 0.714. The number of hydrogen-bond donors (Lipinski definition) is 0. The van der Waals surface area contributed by atoms with E-state index in [9.17, 15) is 35.1 Å². The van der Waals surface area contributed by atoms with E-state index in [2.05, 4.69) is 4.74 Å². The summed E-state index contributed by atoms with van der Waals surface area (Å²) in [6, 6.07) is 0. The van der Waals surface area contributed by atoms with E-state index in [-0.39, 0.29) is 6.08 Å². The van der Waals surface area contributed by atoms with Crippen LogP contribution in [0.2, 0.25) is 0 Å². The van der Waals surface area contributed by atoms with E-state index in [1.807, 2.05) is 0 Å². The molecule has 0 atom stereocenters. The van der Waals surface area contributed by atoms with Crippen molar-refractivity contribution in [1.29, 1.82) is 0 Å². The van der Waals surface area contributed by atoms with E-state index < -0.39 is 30.5 Å². The highest BCUT2D eigenvalue weighted by molar-refractivity contribution is 5.12. The van der Waals surface area contributed by atoms with Gasteiger partial charge in [-0.05, 0) is 6.08 Å². The molecule has 0 saturated carbocycles. The number of hydrogen-bond acceptors (Lipinski definition) is 1. The molecule has 0 aliphatic rings. The van der Waals surface area contributed by atoms with Crippen LogP contribution in [0.5, 0.6) is 0 Å². The van der Waals surface area contributed by atoms with Crippen molar-refractivity contribution < 1.29 is 39.9 Å². The van der Waals surface area contributed by atoms with Gasteiger partial charge in [-0.1, -0.05) is 0 Å². The van der Waals surface area contributed by atoms with Crippen molar-refractivity contribution in [2.24, 2.45) is 0 Å². The maximum atomic E-state index is 12.4. The molecule has 0 radical (unpaired) electrons. The Labute approximate surface area is 84.7 Å². The Balaban J connectivity index is 5.19. The molecule has 0 unspecified atom stereocenters. The molecule has 0 heterocycles. The zero-order chi connectivity index (χ0) is 13.2. The van der Waals surface area contributed by atoms with E-state index in [4.69, 9.17) is 0 Å². The molecular formula is C7H6F8O. The third-order valence-corrected chi connectivity index (χ3v) is 1.48. The van der Waals surface area contributed by atoms with Gasteiger partial charge in [-0.25, -0.2) is 4.39 Å². The van der Waals surface area contributed by atoms with Gasteiger partial charge in [0.25, 0.3) is 0 Å². The van der Waals surface area contributed by atoms with Crippen LogP contribution in [-0.4, -0.2) is 31.7 Å². The van der Waals surface area contributed by atoms with Crippen LogP contribution in [0.3, 0.4) is 0 Å². The predicted molar refractivity (Wildman–Crippen MR) is 37.0 cm³/mol. The Morgan fingerprint density at radius 2 is 1.50 bits per heavy atom. The molecule has 0 N–H and O–H groups in total. The highest BCUT2D eigenvalue weighted by Crippen LogP contribution is 2.49. The van der Waals surface area contributed by atoms with Gasteiger partial charge in [0.15, 0.2) is 5.83 Å². The molecule has 0 aliphatic heterocycles. The van der Waals surface area contributed by atoms with Crippen LogP contribution >= 0.6 is 0 Å². The van der Waals surface area contributed by atoms with Crippen LogP contribution in [0, 0.1) is 0 Å². The van der Waals surface area contributed by atoms with E-state index in [0.717, 1.165) is 7.11 Å². The summed E-state index contributed by atoms with van der Waals surface area (Å²) >= 11 is 0. The molecule has 0 aliphatic carbocycles. The van der Waals surface area contributed by atoms with E-state index in [1.54, 1.807) is 0 Å². The van der Waals surface area contributed by atoms with Crippen LogP contribution in [0.1, 0.15) is 0 Å². The summed E-state index contributed by atoms with van der Waals surface area (Å²) in [5.41, 5.74) is 0. The highest BCUT2D eigenvalue weighted by Gasteiger charge is 2.74. The second-order valence-corrected chi connectivity index (χ2v) is 2.65. The Bertz CT molecular complexity index is 266. The molecule has 0 bridgehead atoms. The van der Waals surface area contributed by atoms with Gasteiger partial charge in [-0.15, -0.1) is 0 Å². The number of rotatable bonds is 4. The Morgan fingerprint density at radius 1 is 1.06 bits per heavy atom. The first kappa shape index (κ1) is 15.1. The largest absolute Gasteiger partial charge is 0.460 e. The maximum Gasteiger partial charge on any atom is 0.460 e. The summed E-state index contributed by atoms with van der Waals surface area (Å²) in [7, 11) is 0.920. The molecule has 16 heavy (non-hydrogen) atoms. The molecule has 0 saturated heterocycles. The smallest absolute Gasteiger partial charge is 0.381 e. The van der Waals surface area contributed by atoms with E-state index in [0.29, 0.717) is 0 Å². The second kappa shape index (κ2) is 4.56. The van der Waals surface area contributed by atoms with Crippen LogP contribution in [0.4, 0.5) is 35.1 Å². The SMILES string of the molecule is COC/C=C(\F)C(F)(F)C(F)(F)C(F)(F)F. The predicted octanol–water partition coefficient (Wildman–Crippen LogP) is 3.32. The molecular weight excluding hydrogens is 252 g/mol. The third-order valence-electron chi connectivity index (χ3n) is 1.48. The zero-order valence-electron chi connectivity index (χ0n) is 7.72. The van der Waals surface area contributed by atoms with Crippen LogP contribution in [0.25, 0.3) is 0 Å². The minimum absolute atomic E-state index is 0.195. The molecule has 1 nitrogen and oxygen atoms in total. The number of halogens is 8. The first-order valence-electron chi connectivity index (χ1n) is 3.66. The summed E-state index contributed by atoms with van der Waals surface area (Å²) in [5, 5.41) is 0. The quantitative estimate of drug-likeness (QED) is 0.703. The van der Waals surface area contributed by atoms with Gasteiger partial charge in [-0.3, -0.25) is 0 Å². The number of methoxy groups -OCH3 is 1. The van der Waals surface area contributed by atoms with Crippen molar-refractivity contribution >= 4 is 0 Å². The Morgan fingerprint density at radius 3 is 1.81 bits per heavy atom. The van der Waals surface area contributed by atoms with Crippen molar-refractivity contribution in [3.05, 3.63) is 11.9 Å². The zero-order valence-corrected chi connectivity index (χ0v) is 7.72. The lowest BCUT2D eigenvalue weighted by Crippen LogP contribution is -2.52. The van der Waals surface area contributed by atoms with Crippen molar-refractivity contribution in [3.8, 4) is 0 Å². The molecule has 96 valence electrons. The van der Waals surface area contributed by atoms with Gasteiger partial charge in [0.1, 0.15) is 0 Å². The van der Waals surface area contributed by atoms with Crippen molar-refractivity contribution in [3.63, 3.8) is 0 Å². The number of ether oxygens (including phenoxy) is 1. The highest BCUT2D eigenvalue weighted by atomic mass is 19.4. The summed E-state index contributed by atoms with van der Waals surface area (Å²) in [5.74, 6) is -15.3. The van der Waals surface area contributed by atoms with Crippen molar-refractivity contribution in [1.82, 2.24) is 0 Å². The van der Waals surface area contributed by atoms with Gasteiger partial charge in [0, 0.05) is 7.11 Å². The van der Waals surface area contributed by atoms with Crippen LogP contribution in [0.15, 0.2) is 11.9 Å². The third kappa shape index (κ3) is 2.63. The molecule has 0 rings (SSSR count). The molecule has 0 aromatic carbocycles. The van der Waals surface area contributed by atoms with Gasteiger partial charge in [-0.2, -0.15) is 30.7 Å². The summed E-state index contributed by atoms with van der Waals surface area (Å²) in [6.07, 6.45) is -6.74. The standard InChI is InChI=1S/C7H6F8O/c1-16-3-2-4(8)5(9,10)6(11,12)7(13,14)15/h2H,3H2,1H3/b4-2-. The van der Waals surface area contributed by atoms with Crippen LogP contribution in [-0.2, 0) is 4.74 Å². The molecule has 0 aromatic heterocycles. The number of allylic oxidation sites excluding steroid dienone is 1. The molecule has 0 spiro atoms. The summed E-state index contributed by atoms with van der Waals surface area (Å²) in [4.78, 5) is 0. The lowest BCUT2D eigenvalue weighted by Gasteiger charge is -2.26. The second-order valence-electron chi connectivity index (χ2n) is 2.65. The monoisotopic (exact) mass is 258 g/mol. The summed E-state index contributed by atoms with van der Waals surface area (Å²) < 4.78 is 100. The average molecular weight is 258 g/mol. The minimum Gasteiger partial charge on any atom is -0.381 e. The normalized spacial score (nSPS) is 15.4. The van der Waals surface area contributed by atoms with Gasteiger partial charge in [0.2, 0.25) is 0 Å². The fourth-order valence-corrected chi connectivity index (χ4v) is 0.613. The van der Waals surface area contributed by atoms with E-state index >= 15 is 0 Å². The fourth-order valence-electron chi connectivity index (χ4n) is 0.613. The maximum absolute atomic E-state index is 12.4. The first-order chi connectivity index (χ1) is 6.98.